The molecule has 232 valence electrons. The Bertz CT molecular complexity index is 1610. The summed E-state index contributed by atoms with van der Waals surface area (Å²) in [5, 5.41) is 0.633. The summed E-state index contributed by atoms with van der Waals surface area (Å²) in [6.07, 6.45) is 13.2. The van der Waals surface area contributed by atoms with Crippen molar-refractivity contribution >= 4 is 29.5 Å². The zero-order valence-electron chi connectivity index (χ0n) is 25.3. The number of terminal acetylenes is 1. The van der Waals surface area contributed by atoms with E-state index in [9.17, 15) is 13.6 Å². The zero-order chi connectivity index (χ0) is 32.4. The molecule has 6 rings (SSSR count). The van der Waals surface area contributed by atoms with E-state index in [0.29, 0.717) is 30.5 Å². The molecular weight excluding hydrogens is 590 g/mol. The Morgan fingerprint density at radius 3 is 2.33 bits per heavy atom. The summed E-state index contributed by atoms with van der Waals surface area (Å²) >= 11 is 6.20. The Labute approximate surface area is 269 Å². The number of nitrogens with zero attached hydrogens (tertiary/aromatic N) is 2. The van der Waals surface area contributed by atoms with Gasteiger partial charge in [-0.15, -0.1) is 12.8 Å². The monoisotopic (exact) mass is 627 g/mol. The summed E-state index contributed by atoms with van der Waals surface area (Å²) in [5.41, 5.74) is 12.9. The molecule has 8 heteroatoms. The number of piperidine rings is 1. The molecule has 2 aliphatic rings. The number of pyridine rings is 1. The molecule has 1 saturated carbocycles. The predicted molar refractivity (Wildman–Crippen MR) is 177 cm³/mol. The Morgan fingerprint density at radius 1 is 1.04 bits per heavy atom. The number of nitrogens with two attached hydrogens (primary N) is 1. The van der Waals surface area contributed by atoms with Crippen LogP contribution in [0.15, 0.2) is 91.1 Å². The van der Waals surface area contributed by atoms with E-state index in [-0.39, 0.29) is 12.3 Å². The Hall–Kier alpha value is -4.54. The molecule has 0 bridgehead atoms. The van der Waals surface area contributed by atoms with E-state index in [2.05, 4.69) is 66.1 Å². The van der Waals surface area contributed by atoms with E-state index >= 15 is 0 Å². The highest BCUT2D eigenvalue weighted by Gasteiger charge is 2.62. The van der Waals surface area contributed by atoms with Crippen LogP contribution in [0.3, 0.4) is 0 Å². The standard InChI is InChI=1S/C28H27ClF2N4O.C7H8.C2H2/c29-22-5-7-26(34-17-32)24(14-22)21-4-6-23(33-16-21)13-18-2-1-3-20(12-18)19-8-10-35(11-9-19)27(36)25-15-28(25,30)31;1-7-5-3-2-4-6-7;1-2/h1-7,12,14,16-17,19,25H,8-11,13,15H2,(H2,32,34);2-6H,1H3;1-2H/p+1. The van der Waals surface area contributed by atoms with E-state index < -0.39 is 11.8 Å². The molecule has 2 fully saturated rings. The second kappa shape index (κ2) is 15.5. The first kappa shape index (κ1) is 33.4. The maximum absolute atomic E-state index is 13.3. The largest absolute Gasteiger partial charge is 0.342 e. The molecule has 3 N–H and O–H groups in total. The number of nitrogens with one attached hydrogen (secondary N) is 1. The molecule has 1 unspecified atom stereocenters. The van der Waals surface area contributed by atoms with E-state index in [0.717, 1.165) is 40.9 Å². The van der Waals surface area contributed by atoms with Crippen molar-refractivity contribution in [2.45, 2.75) is 44.4 Å². The number of benzene rings is 3. The molecule has 0 radical (unpaired) electrons. The summed E-state index contributed by atoms with van der Waals surface area (Å²) in [6, 6.07) is 28.3. The van der Waals surface area contributed by atoms with E-state index in [1.807, 2.05) is 48.7 Å². The topological polar surface area (TPSA) is 73.2 Å². The fourth-order valence-corrected chi connectivity index (χ4v) is 5.67. The van der Waals surface area contributed by atoms with E-state index in [4.69, 9.17) is 17.3 Å². The number of hydrogen-bond acceptors (Lipinski definition) is 2. The van der Waals surface area contributed by atoms with Crippen LogP contribution < -0.4 is 10.7 Å². The highest BCUT2D eigenvalue weighted by molar-refractivity contribution is 6.31. The van der Waals surface area contributed by atoms with Gasteiger partial charge in [0.05, 0.1) is 0 Å². The van der Waals surface area contributed by atoms with Crippen LogP contribution in [-0.4, -0.2) is 41.1 Å². The van der Waals surface area contributed by atoms with Crippen LogP contribution in [0.4, 0.5) is 14.5 Å². The van der Waals surface area contributed by atoms with Gasteiger partial charge in [-0.1, -0.05) is 77.8 Å². The molecule has 45 heavy (non-hydrogen) atoms. The van der Waals surface area contributed by atoms with E-state index in [1.165, 1.54) is 17.5 Å². The van der Waals surface area contributed by atoms with Crippen molar-refractivity contribution in [1.82, 2.24) is 9.88 Å². The van der Waals surface area contributed by atoms with Crippen LogP contribution >= 0.6 is 11.6 Å². The molecule has 1 aliphatic carbocycles. The third kappa shape index (κ3) is 8.99. The van der Waals surface area contributed by atoms with Crippen LogP contribution in [0, 0.1) is 25.7 Å². The van der Waals surface area contributed by atoms with Gasteiger partial charge in [-0.2, -0.15) is 0 Å². The van der Waals surface area contributed by atoms with Gasteiger partial charge < -0.3 is 4.90 Å². The van der Waals surface area contributed by atoms with Gasteiger partial charge in [0.25, 0.3) is 5.92 Å². The summed E-state index contributed by atoms with van der Waals surface area (Å²) in [4.78, 5) is 21.6. The minimum Gasteiger partial charge on any atom is -0.342 e. The van der Waals surface area contributed by atoms with Crippen molar-refractivity contribution in [2.75, 3.05) is 13.1 Å². The molecule has 1 atom stereocenters. The maximum Gasteiger partial charge on any atom is 0.260 e. The number of hydrogen-bond donors (Lipinski definition) is 2. The fourth-order valence-electron chi connectivity index (χ4n) is 5.49. The van der Waals surface area contributed by atoms with Crippen molar-refractivity contribution in [2.24, 2.45) is 11.7 Å². The second-order valence-corrected chi connectivity index (χ2v) is 11.7. The lowest BCUT2D eigenvalue weighted by molar-refractivity contribution is -0.347. The molecule has 3 aromatic carbocycles. The smallest absolute Gasteiger partial charge is 0.260 e. The number of carbonyl (C=O) groups excluding carboxylic acids is 1. The minimum absolute atomic E-state index is 0.299. The quantitative estimate of drug-likeness (QED) is 0.150. The van der Waals surface area contributed by atoms with Crippen molar-refractivity contribution < 1.29 is 18.6 Å². The Morgan fingerprint density at radius 2 is 1.76 bits per heavy atom. The van der Waals surface area contributed by atoms with Crippen LogP contribution in [-0.2, 0) is 11.2 Å². The van der Waals surface area contributed by atoms with Gasteiger partial charge in [0.1, 0.15) is 11.6 Å². The van der Waals surface area contributed by atoms with Gasteiger partial charge in [-0.25, -0.2) is 13.8 Å². The summed E-state index contributed by atoms with van der Waals surface area (Å²) < 4.78 is 26.5. The van der Waals surface area contributed by atoms with Crippen molar-refractivity contribution in [3.05, 3.63) is 119 Å². The SMILES string of the molecule is C#C.Cc1ccccc1.NC=[NH+]c1ccc(Cl)cc1-c1ccc(Cc2cccc(C3CCN(C(=O)C4CC4(F)F)CC3)c2)nc1. The first-order valence-electron chi connectivity index (χ1n) is 14.9. The molecule has 0 spiro atoms. The number of likely N-dealkylation sites (tertiary alicyclic amines) is 1. The number of rotatable bonds is 6. The number of aromatic nitrogens is 1. The summed E-state index contributed by atoms with van der Waals surface area (Å²) in [7, 11) is 0. The van der Waals surface area contributed by atoms with Crippen molar-refractivity contribution in [1.29, 1.82) is 0 Å². The molecule has 2 heterocycles. The molecule has 1 amide bonds. The lowest BCUT2D eigenvalue weighted by Gasteiger charge is -2.32. The van der Waals surface area contributed by atoms with Gasteiger partial charge in [0, 0.05) is 54.0 Å². The van der Waals surface area contributed by atoms with Crippen LogP contribution in [0.5, 0.6) is 0 Å². The predicted octanol–water partition coefficient (Wildman–Crippen LogP) is 6.30. The molecule has 1 saturated heterocycles. The molecule has 1 aliphatic heterocycles. The number of alkyl halides is 2. The van der Waals surface area contributed by atoms with Gasteiger partial charge in [-0.05, 0) is 61.1 Å². The minimum atomic E-state index is -2.80. The Kier molecular flexibility index (Phi) is 11.5. The van der Waals surface area contributed by atoms with Gasteiger partial charge in [-0.3, -0.25) is 15.5 Å². The number of halogens is 3. The summed E-state index contributed by atoms with van der Waals surface area (Å²) in [5.74, 6) is -3.97. The first-order chi connectivity index (χ1) is 21.7. The van der Waals surface area contributed by atoms with Gasteiger partial charge in [0.2, 0.25) is 12.2 Å². The fraction of sp³-hybridized carbons (Fsp3) is 0.270. The lowest BCUT2D eigenvalue weighted by Crippen LogP contribution is -2.63. The lowest BCUT2D eigenvalue weighted by atomic mass is 9.88. The third-order valence-corrected chi connectivity index (χ3v) is 8.27. The zero-order valence-corrected chi connectivity index (χ0v) is 26.1. The highest BCUT2D eigenvalue weighted by atomic mass is 35.5. The molecule has 4 aromatic rings. The van der Waals surface area contributed by atoms with Crippen LogP contribution in [0.25, 0.3) is 11.1 Å². The average molecular weight is 628 g/mol. The molecule has 1 aromatic heterocycles. The van der Waals surface area contributed by atoms with E-state index in [1.54, 1.807) is 11.0 Å². The number of amides is 1. The van der Waals surface area contributed by atoms with Crippen molar-refractivity contribution in [3.63, 3.8) is 0 Å². The second-order valence-electron chi connectivity index (χ2n) is 11.2. The summed E-state index contributed by atoms with van der Waals surface area (Å²) in [6.45, 7) is 3.15. The third-order valence-electron chi connectivity index (χ3n) is 8.04. The maximum atomic E-state index is 13.3. The molecular formula is C37H38ClF2N4O+. The number of carbonyl (C=O) groups is 1. The Balaban J connectivity index is 0.000000447. The number of aryl methyl sites for hydroxylation is 1. The van der Waals surface area contributed by atoms with Gasteiger partial charge >= 0.3 is 0 Å². The average Bonchev–Trinajstić information content (AvgIpc) is 3.71. The van der Waals surface area contributed by atoms with Gasteiger partial charge in [0.15, 0.2) is 0 Å². The van der Waals surface area contributed by atoms with Crippen molar-refractivity contribution in [3.8, 4) is 24.0 Å². The van der Waals surface area contributed by atoms with Crippen LogP contribution in [0.1, 0.15) is 47.6 Å². The first-order valence-corrected chi connectivity index (χ1v) is 15.3. The highest BCUT2D eigenvalue weighted by Crippen LogP contribution is 2.50. The normalized spacial score (nSPS) is 17.0. The van der Waals surface area contributed by atoms with Crippen LogP contribution in [0.2, 0.25) is 5.02 Å². The molecule has 5 nitrogen and oxygen atoms in total.